The van der Waals surface area contributed by atoms with Crippen LogP contribution in [-0.4, -0.2) is 346 Å². The average Bonchev–Trinajstić information content (AvgIpc) is 2.69. The van der Waals surface area contributed by atoms with Crippen molar-refractivity contribution in [3.05, 3.63) is 0 Å². The zero-order valence-electron chi connectivity index (χ0n) is 51.0. The minimum absolute atomic E-state index is 0.0471. The van der Waals surface area contributed by atoms with Gasteiger partial charge in [-0.05, 0) is 0 Å². The van der Waals surface area contributed by atoms with Crippen LogP contribution in [0.5, 0.6) is 0 Å². The van der Waals surface area contributed by atoms with Gasteiger partial charge in [-0.2, -0.15) is 8.42 Å². The van der Waals surface area contributed by atoms with E-state index in [9.17, 15) is 8.42 Å². The Morgan fingerprint density at radius 2 is 0.447 bits per heavy atom. The molecule has 30 atom stereocenters. The molecule has 0 aromatic carbocycles. The molecule has 20 aliphatic rings. The quantitative estimate of drug-likeness (QED) is 0.124. The molecule has 0 radical (unpaired) electrons. The van der Waals surface area contributed by atoms with Gasteiger partial charge in [0.05, 0.1) is 39.6 Å². The van der Waals surface area contributed by atoms with Crippen LogP contribution in [0.2, 0.25) is 0 Å². The topological polar surface area (TPSA) is 311 Å². The van der Waals surface area contributed by atoms with E-state index in [1.165, 1.54) is 114 Å². The van der Waals surface area contributed by atoms with Gasteiger partial charge in [0.15, 0.2) is 37.7 Å². The summed E-state index contributed by atoms with van der Waals surface area (Å²) in [5, 5.41) is 0. The zero-order valence-corrected chi connectivity index (χ0v) is 51.9. The highest BCUT2D eigenvalue weighted by molar-refractivity contribution is 7.81. The third-order valence-corrected chi connectivity index (χ3v) is 17.5. The highest BCUT2D eigenvalue weighted by Gasteiger charge is 2.61. The molecule has 0 spiro atoms. The van der Waals surface area contributed by atoms with E-state index in [4.69, 9.17) is 141 Å². The van der Waals surface area contributed by atoms with Gasteiger partial charge in [-0.1, -0.05) is 0 Å². The summed E-state index contributed by atoms with van der Waals surface area (Å²) >= 11 is 0. The molecule has 0 aromatic rings. The van der Waals surface area contributed by atoms with Crippen molar-refractivity contribution in [2.24, 2.45) is 0 Å². The fourth-order valence-corrected chi connectivity index (χ4v) is 13.4. The zero-order chi connectivity index (χ0) is 61.3. The molecule has 20 rings (SSSR count). The van der Waals surface area contributed by atoms with E-state index >= 15 is 0 Å². The second-order valence-electron chi connectivity index (χ2n) is 21.1. The van der Waals surface area contributed by atoms with Gasteiger partial charge < -0.3 is 133 Å². The van der Waals surface area contributed by atoms with Crippen LogP contribution in [-0.2, 0) is 151 Å². The maximum Gasteiger partial charge on any atom is 0.400 e. The Hall–Kier alpha value is -1.25. The van der Waals surface area contributed by atoms with Crippen LogP contribution in [0.25, 0.3) is 0 Å². The molecule has 0 amide bonds. The van der Waals surface area contributed by atoms with E-state index < -0.39 is 208 Å². The van der Waals surface area contributed by atoms with Gasteiger partial charge in [0.2, 0.25) is 0 Å². The number of hydrogen-bond acceptors (Lipinski definition) is 32. The van der Waals surface area contributed by atoms with Crippen LogP contribution >= 0.6 is 0 Å². The predicted octanol–water partition coefficient (Wildman–Crippen LogP) is -2.28. The van der Waals surface area contributed by atoms with Crippen LogP contribution in [0.4, 0.5) is 0 Å². The lowest BCUT2D eigenvalue weighted by Gasteiger charge is -2.53. The molecule has 496 valence electrons. The van der Waals surface area contributed by atoms with Crippen molar-refractivity contribution in [1.82, 2.24) is 0 Å². The van der Waals surface area contributed by atoms with E-state index in [0.29, 0.717) is 0 Å². The molecule has 20 saturated heterocycles. The third-order valence-electron chi connectivity index (χ3n) is 16.6. The molecule has 20 aliphatic heterocycles. The molecule has 0 saturated carbocycles. The standard InChI is InChI=1S/C52H90O32S/c1-55-17-23-29-35(59-5)42(66-12)48(74-23)81-31-25(19-57-3)76-50(44(68-14)37(31)61-7)83-33-27-21-71-85(53,54)72-22-28-34(84-52(78-27)46(70-16)39(33)63-9)40(64-10)45(69-15)51(77-28)82-32-26(20-58-4)75-49(43(67-13)38(32)62-8)80-30-24(18-56-2)73-47(79-29)41(65-11)36(30)60-6/h23-52H,17-22H2,1-16H3/t23-,24-,25-,26-,27-,28-,29-,30-,31-,32-,33-,34-,35+,36+,37+,38+,39+,40+,41-,42-,43-,44-,45-,46-,47-,48-,49-,50-,51-,52-/m1/s1. The lowest BCUT2D eigenvalue weighted by molar-refractivity contribution is -0.409. The molecule has 32 nitrogen and oxygen atoms in total. The smallest absolute Gasteiger partial charge is 0.382 e. The Balaban J connectivity index is 1.26. The van der Waals surface area contributed by atoms with E-state index in [1.54, 1.807) is 0 Å². The molecular weight excluding hydrogens is 1170 g/mol. The van der Waals surface area contributed by atoms with Gasteiger partial charge in [0, 0.05) is 114 Å². The van der Waals surface area contributed by atoms with Crippen molar-refractivity contribution >= 4 is 10.4 Å². The van der Waals surface area contributed by atoms with Crippen molar-refractivity contribution in [2.75, 3.05) is 153 Å². The molecule has 85 heavy (non-hydrogen) atoms. The first-order valence-electron chi connectivity index (χ1n) is 27.9. The lowest BCUT2D eigenvalue weighted by Crippen LogP contribution is -2.70. The fraction of sp³-hybridized carbons (Fsp3) is 1.00. The first-order chi connectivity index (χ1) is 41.2. The Labute approximate surface area is 496 Å². The summed E-state index contributed by atoms with van der Waals surface area (Å²) in [7, 11) is 18.5. The van der Waals surface area contributed by atoms with Gasteiger partial charge >= 0.3 is 10.4 Å². The number of methoxy groups -OCH3 is 16. The highest BCUT2D eigenvalue weighted by Crippen LogP contribution is 2.42. The predicted molar refractivity (Wildman–Crippen MR) is 279 cm³/mol. The van der Waals surface area contributed by atoms with Gasteiger partial charge in [-0.25, -0.2) is 8.37 Å². The molecule has 14 bridgehead atoms. The Bertz CT molecular complexity index is 2060. The Morgan fingerprint density at radius 1 is 0.259 bits per heavy atom. The summed E-state index contributed by atoms with van der Waals surface area (Å²) < 4.78 is 218. The first-order valence-corrected chi connectivity index (χ1v) is 29.2. The Morgan fingerprint density at radius 3 is 0.647 bits per heavy atom. The molecule has 20 fully saturated rings. The molecule has 0 aliphatic carbocycles. The molecule has 0 aromatic heterocycles. The lowest BCUT2D eigenvalue weighted by atomic mass is 9.94. The van der Waals surface area contributed by atoms with Crippen molar-refractivity contribution in [3.63, 3.8) is 0 Å². The summed E-state index contributed by atoms with van der Waals surface area (Å²) in [5.74, 6) is 0. The number of rotatable bonds is 20. The van der Waals surface area contributed by atoms with Gasteiger partial charge in [0.1, 0.15) is 146 Å². The molecule has 0 unspecified atom stereocenters. The van der Waals surface area contributed by atoms with Crippen LogP contribution in [0.3, 0.4) is 0 Å². The number of hydrogen-bond donors (Lipinski definition) is 0. The SMILES string of the molecule is COC[C@H]1O[C@@H]2O[C@H]3[C@H](OC)[C@@H](OC)[C@@H](O[C@H]4[C@H](OC)[C@@H](OC)[C@H]5O[C@H]6[C@H](OC)[C@@H](OC)[C@@H](O[C@H]7[C@H](OC)[C@@H](OC)[C@@H](O[C@H]8[C@H](OC)[C@@H](OC)[C@@H](O[C@H]1[C@H](OC)[C@H]2OC)O[C@@H]8COC)O[C@@H]7COC)O[C@@H]6COS(=O)(=O)OC[C@H]4O5)O[C@@H]3COC. The van der Waals surface area contributed by atoms with Gasteiger partial charge in [-0.15, -0.1) is 0 Å². The average molecular weight is 1260 g/mol. The molecular formula is C52H90O32S. The molecule has 20 heterocycles. The fourth-order valence-electron chi connectivity index (χ4n) is 12.7. The Kier molecular flexibility index (Phi) is 26.5. The van der Waals surface area contributed by atoms with Crippen molar-refractivity contribution in [3.8, 4) is 0 Å². The van der Waals surface area contributed by atoms with Gasteiger partial charge in [0.25, 0.3) is 0 Å². The van der Waals surface area contributed by atoms with Crippen molar-refractivity contribution in [2.45, 2.75) is 184 Å². The monoisotopic (exact) mass is 1260 g/mol. The van der Waals surface area contributed by atoms with Crippen molar-refractivity contribution in [1.29, 1.82) is 0 Å². The third kappa shape index (κ3) is 14.8. The molecule has 33 heteroatoms. The molecule has 0 N–H and O–H groups in total. The van der Waals surface area contributed by atoms with Crippen LogP contribution < -0.4 is 0 Å². The number of ether oxygens (including phenoxy) is 28. The second kappa shape index (κ2) is 32.3. The van der Waals surface area contributed by atoms with E-state index in [-0.39, 0.29) is 26.4 Å². The largest absolute Gasteiger partial charge is 0.400 e. The summed E-state index contributed by atoms with van der Waals surface area (Å²) in [5.41, 5.74) is 0. The minimum Gasteiger partial charge on any atom is -0.382 e. The van der Waals surface area contributed by atoms with E-state index in [2.05, 4.69) is 0 Å². The van der Waals surface area contributed by atoms with E-state index in [0.717, 1.165) is 0 Å². The summed E-state index contributed by atoms with van der Waals surface area (Å²) in [6.07, 6.45) is -33.7. The highest BCUT2D eigenvalue weighted by atomic mass is 32.3. The minimum atomic E-state index is -4.87. The van der Waals surface area contributed by atoms with E-state index in [1.807, 2.05) is 0 Å². The maximum absolute atomic E-state index is 13.9. The van der Waals surface area contributed by atoms with Crippen LogP contribution in [0.1, 0.15) is 0 Å². The summed E-state index contributed by atoms with van der Waals surface area (Å²) in [6.45, 7) is -1.66. The van der Waals surface area contributed by atoms with Gasteiger partial charge in [-0.3, -0.25) is 0 Å². The summed E-state index contributed by atoms with van der Waals surface area (Å²) in [4.78, 5) is 0. The maximum atomic E-state index is 13.9. The van der Waals surface area contributed by atoms with Crippen LogP contribution in [0.15, 0.2) is 0 Å². The van der Waals surface area contributed by atoms with Crippen molar-refractivity contribution < 1.29 is 149 Å². The summed E-state index contributed by atoms with van der Waals surface area (Å²) in [6, 6.07) is 0. The normalized spacial score (nSPS) is 47.2. The first kappa shape index (κ1) is 69.6. The van der Waals surface area contributed by atoms with Crippen LogP contribution in [0, 0.1) is 0 Å². The second-order valence-corrected chi connectivity index (χ2v) is 22.4.